The number of methoxy groups -OCH3 is 1. The van der Waals surface area contributed by atoms with E-state index in [0.29, 0.717) is 0 Å². The van der Waals surface area contributed by atoms with Crippen molar-refractivity contribution >= 4 is 5.76 Å². The van der Waals surface area contributed by atoms with Crippen LogP contribution in [0.2, 0.25) is 0 Å². The fourth-order valence-corrected chi connectivity index (χ4v) is 3.08. The Balaban J connectivity index is 2.74. The standard InChI is InChI=1S/C21H34O/c1-5-8-10-12-18(13-11-9-6-2)19-14-16-20(17-15-19)21(7-3)22-4/h7,14-18H,5-6,8-13H2,1-4H3/b21-7-. The number of unbranched alkanes of at least 4 members (excludes halogenated alkanes) is 4. The van der Waals surface area contributed by atoms with Crippen LogP contribution >= 0.6 is 0 Å². The van der Waals surface area contributed by atoms with Crippen molar-refractivity contribution in [3.8, 4) is 0 Å². The van der Waals surface area contributed by atoms with Crippen molar-refractivity contribution in [2.75, 3.05) is 7.11 Å². The first-order valence-corrected chi connectivity index (χ1v) is 9.07. The number of hydrogen-bond acceptors (Lipinski definition) is 1. The molecular weight excluding hydrogens is 268 g/mol. The first kappa shape index (κ1) is 18.8. The summed E-state index contributed by atoms with van der Waals surface area (Å²) in [6, 6.07) is 9.03. The molecule has 1 nitrogen and oxygen atoms in total. The van der Waals surface area contributed by atoms with Crippen molar-refractivity contribution in [3.63, 3.8) is 0 Å². The molecule has 22 heavy (non-hydrogen) atoms. The highest BCUT2D eigenvalue weighted by Crippen LogP contribution is 2.29. The average Bonchev–Trinajstić information content (AvgIpc) is 2.56. The summed E-state index contributed by atoms with van der Waals surface area (Å²) in [4.78, 5) is 0. The zero-order valence-corrected chi connectivity index (χ0v) is 15.0. The Bertz CT molecular complexity index is 406. The molecule has 0 saturated heterocycles. The molecule has 124 valence electrons. The SMILES string of the molecule is C/C=C(\OC)c1ccc(C(CCCCC)CCCCC)cc1. The second-order valence-corrected chi connectivity index (χ2v) is 6.17. The molecule has 1 aromatic carbocycles. The molecule has 1 heteroatoms. The van der Waals surface area contributed by atoms with Gasteiger partial charge >= 0.3 is 0 Å². The summed E-state index contributed by atoms with van der Waals surface area (Å²) in [6.07, 6.45) is 12.7. The highest BCUT2D eigenvalue weighted by atomic mass is 16.5. The van der Waals surface area contributed by atoms with Gasteiger partial charge in [-0.15, -0.1) is 0 Å². The van der Waals surface area contributed by atoms with Gasteiger partial charge in [-0.2, -0.15) is 0 Å². The first-order valence-electron chi connectivity index (χ1n) is 9.07. The van der Waals surface area contributed by atoms with Crippen molar-refractivity contribution in [2.24, 2.45) is 0 Å². The van der Waals surface area contributed by atoms with Crippen LogP contribution < -0.4 is 0 Å². The summed E-state index contributed by atoms with van der Waals surface area (Å²) < 4.78 is 5.41. The van der Waals surface area contributed by atoms with E-state index in [4.69, 9.17) is 4.74 Å². The minimum absolute atomic E-state index is 0.726. The maximum Gasteiger partial charge on any atom is 0.121 e. The van der Waals surface area contributed by atoms with Gasteiger partial charge < -0.3 is 4.74 Å². The van der Waals surface area contributed by atoms with Crippen molar-refractivity contribution in [2.45, 2.75) is 78.1 Å². The maximum atomic E-state index is 5.41. The molecule has 0 spiro atoms. The van der Waals surface area contributed by atoms with E-state index in [2.05, 4.69) is 38.1 Å². The third-order valence-corrected chi connectivity index (χ3v) is 4.46. The lowest BCUT2D eigenvalue weighted by Gasteiger charge is -2.18. The van der Waals surface area contributed by atoms with Gasteiger partial charge in [0.1, 0.15) is 5.76 Å². The Labute approximate surface area is 137 Å². The van der Waals surface area contributed by atoms with E-state index in [1.54, 1.807) is 7.11 Å². The van der Waals surface area contributed by atoms with Crippen LogP contribution in [0.4, 0.5) is 0 Å². The molecule has 0 amide bonds. The molecule has 0 radical (unpaired) electrons. The minimum atomic E-state index is 0.726. The van der Waals surface area contributed by atoms with Gasteiger partial charge in [-0.1, -0.05) is 76.6 Å². The monoisotopic (exact) mass is 302 g/mol. The van der Waals surface area contributed by atoms with E-state index in [1.807, 2.05) is 13.0 Å². The summed E-state index contributed by atoms with van der Waals surface area (Å²) in [6.45, 7) is 6.58. The number of benzene rings is 1. The van der Waals surface area contributed by atoms with Gasteiger partial charge in [0.15, 0.2) is 0 Å². The van der Waals surface area contributed by atoms with Gasteiger partial charge in [0.2, 0.25) is 0 Å². The highest BCUT2D eigenvalue weighted by Gasteiger charge is 2.11. The number of hydrogen-bond donors (Lipinski definition) is 0. The van der Waals surface area contributed by atoms with Crippen LogP contribution in [0.25, 0.3) is 5.76 Å². The van der Waals surface area contributed by atoms with Crippen molar-refractivity contribution in [1.29, 1.82) is 0 Å². The Hall–Kier alpha value is -1.24. The van der Waals surface area contributed by atoms with Gasteiger partial charge in [0.25, 0.3) is 0 Å². The minimum Gasteiger partial charge on any atom is -0.496 e. The molecule has 0 aliphatic carbocycles. The van der Waals surface area contributed by atoms with Gasteiger partial charge in [-0.25, -0.2) is 0 Å². The lowest BCUT2D eigenvalue weighted by atomic mass is 9.88. The largest absolute Gasteiger partial charge is 0.496 e. The molecule has 0 saturated carbocycles. The molecule has 0 aliphatic rings. The summed E-state index contributed by atoms with van der Waals surface area (Å²) in [7, 11) is 1.74. The summed E-state index contributed by atoms with van der Waals surface area (Å²) in [5.41, 5.74) is 2.68. The van der Waals surface area contributed by atoms with Crippen molar-refractivity contribution in [1.82, 2.24) is 0 Å². The van der Waals surface area contributed by atoms with Crippen LogP contribution in [0.3, 0.4) is 0 Å². The predicted octanol–water partition coefficient (Wildman–Crippen LogP) is 6.94. The van der Waals surface area contributed by atoms with E-state index >= 15 is 0 Å². The lowest BCUT2D eigenvalue weighted by molar-refractivity contribution is 0.369. The number of ether oxygens (including phenoxy) is 1. The van der Waals surface area contributed by atoms with E-state index in [1.165, 1.54) is 62.5 Å². The second-order valence-electron chi connectivity index (χ2n) is 6.17. The van der Waals surface area contributed by atoms with Crippen LogP contribution in [-0.2, 0) is 4.74 Å². The fourth-order valence-electron chi connectivity index (χ4n) is 3.08. The smallest absolute Gasteiger partial charge is 0.121 e. The maximum absolute atomic E-state index is 5.41. The predicted molar refractivity (Wildman–Crippen MR) is 98.1 cm³/mol. The molecule has 0 fully saturated rings. The van der Waals surface area contributed by atoms with Gasteiger partial charge in [0, 0.05) is 5.56 Å². The average molecular weight is 303 g/mol. The Morgan fingerprint density at radius 3 is 1.91 bits per heavy atom. The topological polar surface area (TPSA) is 9.23 Å². The molecule has 0 heterocycles. The van der Waals surface area contributed by atoms with Crippen LogP contribution in [0.15, 0.2) is 30.3 Å². The second kappa shape index (κ2) is 11.3. The molecule has 0 unspecified atom stereocenters. The van der Waals surface area contributed by atoms with Crippen molar-refractivity contribution < 1.29 is 4.74 Å². The summed E-state index contributed by atoms with van der Waals surface area (Å²) >= 11 is 0. The molecule has 0 bridgehead atoms. The number of allylic oxidation sites excluding steroid dienone is 1. The molecule has 0 atom stereocenters. The molecular formula is C21H34O. The quantitative estimate of drug-likeness (QED) is 0.318. The van der Waals surface area contributed by atoms with E-state index < -0.39 is 0 Å². The van der Waals surface area contributed by atoms with Crippen molar-refractivity contribution in [3.05, 3.63) is 41.5 Å². The zero-order chi connectivity index (χ0) is 16.2. The lowest BCUT2D eigenvalue weighted by Crippen LogP contribution is -2.00. The third kappa shape index (κ3) is 6.25. The van der Waals surface area contributed by atoms with Crippen LogP contribution in [0.1, 0.15) is 89.2 Å². The Kier molecular flexibility index (Phi) is 9.70. The van der Waals surface area contributed by atoms with Gasteiger partial charge in [0.05, 0.1) is 7.11 Å². The third-order valence-electron chi connectivity index (χ3n) is 4.46. The van der Waals surface area contributed by atoms with Crippen LogP contribution in [0, 0.1) is 0 Å². The number of rotatable bonds is 11. The Morgan fingerprint density at radius 2 is 1.50 bits per heavy atom. The Morgan fingerprint density at radius 1 is 0.955 bits per heavy atom. The van der Waals surface area contributed by atoms with Crippen LogP contribution in [0.5, 0.6) is 0 Å². The van der Waals surface area contributed by atoms with Crippen LogP contribution in [-0.4, -0.2) is 7.11 Å². The van der Waals surface area contributed by atoms with Gasteiger partial charge in [-0.05, 0) is 37.3 Å². The normalized spacial score (nSPS) is 12.0. The fraction of sp³-hybridized carbons (Fsp3) is 0.619. The summed E-state index contributed by atoms with van der Waals surface area (Å²) in [5, 5.41) is 0. The molecule has 1 aromatic rings. The zero-order valence-electron chi connectivity index (χ0n) is 15.0. The summed E-state index contributed by atoms with van der Waals surface area (Å²) in [5.74, 6) is 1.68. The first-order chi connectivity index (χ1) is 10.8. The molecule has 1 rings (SSSR count). The van der Waals surface area contributed by atoms with E-state index in [9.17, 15) is 0 Å². The van der Waals surface area contributed by atoms with Gasteiger partial charge in [-0.3, -0.25) is 0 Å². The highest BCUT2D eigenvalue weighted by molar-refractivity contribution is 5.59. The molecule has 0 aromatic heterocycles. The van der Waals surface area contributed by atoms with E-state index in [0.717, 1.165) is 11.7 Å². The van der Waals surface area contributed by atoms with E-state index in [-0.39, 0.29) is 0 Å². The molecule has 0 aliphatic heterocycles. The molecule has 0 N–H and O–H groups in total.